The van der Waals surface area contributed by atoms with Crippen LogP contribution in [0.2, 0.25) is 24.2 Å². The second-order valence-electron chi connectivity index (χ2n) is 7.41. The summed E-state index contributed by atoms with van der Waals surface area (Å²) in [7, 11) is 4.36. The lowest BCUT2D eigenvalue weighted by Gasteiger charge is -2.27. The van der Waals surface area contributed by atoms with Gasteiger partial charge in [-0.05, 0) is 22.7 Å². The minimum absolute atomic E-state index is 0.464. The van der Waals surface area contributed by atoms with Crippen LogP contribution in [0.1, 0.15) is 80.1 Å². The first kappa shape index (κ1) is 28.4. The van der Waals surface area contributed by atoms with Gasteiger partial charge in [-0.25, -0.2) is 0 Å². The molecule has 0 aromatic carbocycles. The Bertz CT molecular complexity index is 275. The van der Waals surface area contributed by atoms with Gasteiger partial charge in [-0.2, -0.15) is 0 Å². The molecule has 0 bridgehead atoms. The molecule has 0 heterocycles. The molecular weight excluding hydrogens is 425 g/mol. The van der Waals surface area contributed by atoms with Crippen LogP contribution in [0.5, 0.6) is 0 Å². The molecule has 0 aromatic heterocycles. The number of hydrogen-bond donors (Lipinski definition) is 0. The van der Waals surface area contributed by atoms with Crippen LogP contribution in [-0.4, -0.2) is 40.9 Å². The molecule has 2 atom stereocenters. The Morgan fingerprint density at radius 3 is 1.15 bits per heavy atom. The highest BCUT2D eigenvalue weighted by Crippen LogP contribution is 2.44. The second-order valence-corrected chi connectivity index (χ2v) is 19.2. The van der Waals surface area contributed by atoms with Crippen molar-refractivity contribution in [1.82, 2.24) is 0 Å². The van der Waals surface area contributed by atoms with Gasteiger partial charge in [0.25, 0.3) is 0 Å². The Morgan fingerprint density at radius 1 is 0.556 bits per heavy atom. The van der Waals surface area contributed by atoms with E-state index in [9.17, 15) is 0 Å². The summed E-state index contributed by atoms with van der Waals surface area (Å²) in [5.41, 5.74) is 0. The molecule has 0 aliphatic rings. The fourth-order valence-electron chi connectivity index (χ4n) is 3.37. The highest BCUT2D eigenvalue weighted by molar-refractivity contribution is 9.09. The first-order chi connectivity index (χ1) is 13.2. The van der Waals surface area contributed by atoms with Gasteiger partial charge < -0.3 is 9.47 Å². The number of hydrogen-bond acceptors (Lipinski definition) is 5. The molecule has 0 aromatic rings. The van der Waals surface area contributed by atoms with Gasteiger partial charge in [0, 0.05) is 13.2 Å². The summed E-state index contributed by atoms with van der Waals surface area (Å²) >= 11 is 0. The zero-order valence-electron chi connectivity index (χ0n) is 18.8. The van der Waals surface area contributed by atoms with E-state index in [-0.39, 0.29) is 0 Å². The van der Waals surface area contributed by atoms with Crippen LogP contribution in [0.3, 0.4) is 0 Å². The molecule has 0 saturated heterocycles. The van der Waals surface area contributed by atoms with Crippen molar-refractivity contribution in [2.45, 2.75) is 114 Å². The summed E-state index contributed by atoms with van der Waals surface area (Å²) in [6.45, 7) is 15.6. The van der Waals surface area contributed by atoms with Crippen molar-refractivity contribution >= 4 is 49.0 Å². The predicted octanol–water partition coefficient (Wildman–Crippen LogP) is 7.69. The molecule has 164 valence electrons. The van der Waals surface area contributed by atoms with Gasteiger partial charge in [-0.3, -0.25) is 0 Å². The molecule has 7 heteroatoms. The van der Waals surface area contributed by atoms with E-state index in [0.29, 0.717) is 10.1 Å². The van der Waals surface area contributed by atoms with Crippen LogP contribution in [0.25, 0.3) is 0 Å². The van der Waals surface area contributed by atoms with E-state index in [1.54, 1.807) is 0 Å². The molecule has 0 aliphatic carbocycles. The smallest absolute Gasteiger partial charge is 0.0987 e. The Morgan fingerprint density at radius 2 is 0.889 bits per heavy atom. The van der Waals surface area contributed by atoms with Gasteiger partial charge in [0.05, 0.1) is 27.7 Å². The fourth-order valence-corrected chi connectivity index (χ4v) is 20.2. The van der Waals surface area contributed by atoms with Gasteiger partial charge in [-0.1, -0.05) is 113 Å². The maximum Gasteiger partial charge on any atom is 0.0987 e. The van der Waals surface area contributed by atoms with Crippen LogP contribution in [0, 0.1) is 0 Å². The van der Waals surface area contributed by atoms with Gasteiger partial charge in [-0.15, -0.1) is 0 Å². The maximum atomic E-state index is 6.34. The van der Waals surface area contributed by atoms with Gasteiger partial charge >= 0.3 is 0 Å². The van der Waals surface area contributed by atoms with Crippen molar-refractivity contribution in [3.05, 3.63) is 0 Å². The molecule has 0 rings (SSSR count). The third-order valence-corrected chi connectivity index (χ3v) is 20.0. The third kappa shape index (κ3) is 14.1. The fraction of sp³-hybridized carbons (Fsp3) is 1.00. The van der Waals surface area contributed by atoms with Crippen molar-refractivity contribution in [1.29, 1.82) is 0 Å². The van der Waals surface area contributed by atoms with E-state index < -0.39 is 17.6 Å². The van der Waals surface area contributed by atoms with Gasteiger partial charge in [0.2, 0.25) is 0 Å². The SMILES string of the molecule is CCCOC(SSSC(OCCC)[SiH](CCC)CCC)[SiH](CCC)CCC. The van der Waals surface area contributed by atoms with E-state index in [2.05, 4.69) is 41.5 Å². The van der Waals surface area contributed by atoms with Crippen LogP contribution >= 0.6 is 31.4 Å². The van der Waals surface area contributed by atoms with Crippen LogP contribution in [0.4, 0.5) is 0 Å². The molecule has 0 fully saturated rings. The quantitative estimate of drug-likeness (QED) is 0.103. The minimum atomic E-state index is -0.840. The molecule has 0 radical (unpaired) electrons. The van der Waals surface area contributed by atoms with E-state index >= 15 is 0 Å². The number of rotatable bonds is 20. The van der Waals surface area contributed by atoms with Crippen LogP contribution in [0.15, 0.2) is 0 Å². The van der Waals surface area contributed by atoms with Crippen molar-refractivity contribution in [2.24, 2.45) is 0 Å². The average molecular weight is 471 g/mol. The lowest BCUT2D eigenvalue weighted by atomic mass is 10.5. The molecule has 0 amide bonds. The normalized spacial score (nSPS) is 14.2. The van der Waals surface area contributed by atoms with E-state index in [1.807, 2.05) is 31.4 Å². The molecule has 2 unspecified atom stereocenters. The lowest BCUT2D eigenvalue weighted by molar-refractivity contribution is 0.154. The molecule has 0 spiro atoms. The summed E-state index contributed by atoms with van der Waals surface area (Å²) in [4.78, 5) is 0. The number of ether oxygens (including phenoxy) is 2. The average Bonchev–Trinajstić information content (AvgIpc) is 2.66. The zero-order chi connectivity index (χ0) is 20.3. The summed E-state index contributed by atoms with van der Waals surface area (Å²) in [5.74, 6) is 0. The summed E-state index contributed by atoms with van der Waals surface area (Å²) in [6.07, 6.45) is 7.49. The largest absolute Gasteiger partial charge is 0.371 e. The molecule has 0 N–H and O–H groups in total. The Labute approximate surface area is 185 Å². The molecule has 2 nitrogen and oxygen atoms in total. The second kappa shape index (κ2) is 20.7. The molecule has 0 aliphatic heterocycles. The first-order valence-electron chi connectivity index (χ1n) is 11.4. The highest BCUT2D eigenvalue weighted by atomic mass is 33.5. The maximum absolute atomic E-state index is 6.34. The van der Waals surface area contributed by atoms with Gasteiger partial charge in [0.15, 0.2) is 0 Å². The topological polar surface area (TPSA) is 18.5 Å². The highest BCUT2D eigenvalue weighted by Gasteiger charge is 2.27. The van der Waals surface area contributed by atoms with Crippen molar-refractivity contribution in [3.8, 4) is 0 Å². The first-order valence-corrected chi connectivity index (χ1v) is 19.6. The minimum Gasteiger partial charge on any atom is -0.371 e. The molecule has 27 heavy (non-hydrogen) atoms. The summed E-state index contributed by atoms with van der Waals surface area (Å²) in [5, 5.41) is 0.929. The standard InChI is InChI=1S/C20H46O2S3Si2/c1-7-13-21-19(26(15-9-3)16-10-4)23-25-24-20(22-14-8-2)27(17-11-5)18-12-6/h19-20,26-27H,7-18H2,1-6H3. The lowest BCUT2D eigenvalue weighted by Crippen LogP contribution is -2.31. The summed E-state index contributed by atoms with van der Waals surface area (Å²) in [6, 6.07) is 5.66. The van der Waals surface area contributed by atoms with Crippen LogP contribution < -0.4 is 0 Å². The van der Waals surface area contributed by atoms with E-state index in [0.717, 1.165) is 26.1 Å². The van der Waals surface area contributed by atoms with E-state index in [1.165, 1.54) is 49.9 Å². The van der Waals surface area contributed by atoms with Crippen LogP contribution in [-0.2, 0) is 9.47 Å². The van der Waals surface area contributed by atoms with Gasteiger partial charge in [0.1, 0.15) is 0 Å². The van der Waals surface area contributed by atoms with E-state index in [4.69, 9.17) is 9.47 Å². The monoisotopic (exact) mass is 470 g/mol. The molecule has 0 saturated carbocycles. The Balaban J connectivity index is 4.79. The van der Waals surface area contributed by atoms with Crippen molar-refractivity contribution in [3.63, 3.8) is 0 Å². The Hall–Kier alpha value is 1.40. The third-order valence-electron chi connectivity index (χ3n) is 4.65. The zero-order valence-corrected chi connectivity index (χ0v) is 23.6. The summed E-state index contributed by atoms with van der Waals surface area (Å²) < 4.78 is 12.7. The molecular formula is C20H46O2S3Si2. The predicted molar refractivity (Wildman–Crippen MR) is 138 cm³/mol. The van der Waals surface area contributed by atoms with Crippen molar-refractivity contribution < 1.29 is 9.47 Å². The Kier molecular flexibility index (Phi) is 21.7. The van der Waals surface area contributed by atoms with Crippen molar-refractivity contribution in [2.75, 3.05) is 13.2 Å².